The second-order valence-corrected chi connectivity index (χ2v) is 8.48. The minimum Gasteiger partial charge on any atom is -0.336 e. The van der Waals surface area contributed by atoms with Gasteiger partial charge in [0.05, 0.1) is 5.56 Å². The first kappa shape index (κ1) is 14.8. The zero-order chi connectivity index (χ0) is 14.2. The monoisotopic (exact) mass is 321 g/mol. The van der Waals surface area contributed by atoms with Crippen molar-refractivity contribution in [2.45, 2.75) is 43.4 Å². The van der Waals surface area contributed by atoms with E-state index in [2.05, 4.69) is 0 Å². The number of hydrogen-bond donors (Lipinski definition) is 0. The predicted molar refractivity (Wildman–Crippen MR) is 76.4 cm³/mol. The van der Waals surface area contributed by atoms with Gasteiger partial charge in [0.2, 0.25) is 0 Å². The van der Waals surface area contributed by atoms with Gasteiger partial charge in [-0.05, 0) is 38.7 Å². The number of rotatable bonds is 2. The SMILES string of the molecule is Cc1c(C(=O)N2CCCCC2C)csc1S(=O)(=O)Cl. The molecule has 0 radical (unpaired) electrons. The fraction of sp³-hybridized carbons (Fsp3) is 0.583. The van der Waals surface area contributed by atoms with Crippen molar-refractivity contribution in [1.82, 2.24) is 4.90 Å². The highest BCUT2D eigenvalue weighted by Crippen LogP contribution is 2.31. The topological polar surface area (TPSA) is 54.5 Å². The van der Waals surface area contributed by atoms with Gasteiger partial charge in [-0.25, -0.2) is 8.42 Å². The van der Waals surface area contributed by atoms with Crippen LogP contribution < -0.4 is 0 Å². The van der Waals surface area contributed by atoms with Gasteiger partial charge in [-0.2, -0.15) is 0 Å². The first-order valence-electron chi connectivity index (χ1n) is 6.16. The zero-order valence-electron chi connectivity index (χ0n) is 10.8. The van der Waals surface area contributed by atoms with Gasteiger partial charge in [0, 0.05) is 28.6 Å². The fourth-order valence-electron chi connectivity index (χ4n) is 2.40. The Morgan fingerprint density at radius 3 is 2.68 bits per heavy atom. The summed E-state index contributed by atoms with van der Waals surface area (Å²) in [5.41, 5.74) is 0.917. The molecule has 1 fully saturated rings. The molecule has 0 bridgehead atoms. The molecule has 1 atom stereocenters. The standard InChI is InChI=1S/C12H16ClNO3S2/c1-8-5-3-4-6-14(8)11(15)10-7-18-12(9(10)2)19(13,16)17/h7-8H,3-6H2,1-2H3. The lowest BCUT2D eigenvalue weighted by Crippen LogP contribution is -2.42. The van der Waals surface area contributed by atoms with Crippen molar-refractivity contribution in [2.24, 2.45) is 0 Å². The van der Waals surface area contributed by atoms with Crippen LogP contribution in [0.4, 0.5) is 0 Å². The molecule has 1 unspecified atom stereocenters. The maximum Gasteiger partial charge on any atom is 0.271 e. The minimum atomic E-state index is -3.77. The highest BCUT2D eigenvalue weighted by molar-refractivity contribution is 8.15. The molecule has 2 rings (SSSR count). The highest BCUT2D eigenvalue weighted by Gasteiger charge is 2.28. The molecular weight excluding hydrogens is 306 g/mol. The molecule has 19 heavy (non-hydrogen) atoms. The third-order valence-electron chi connectivity index (χ3n) is 3.51. The van der Waals surface area contributed by atoms with E-state index in [9.17, 15) is 13.2 Å². The lowest BCUT2D eigenvalue weighted by atomic mass is 10.0. The van der Waals surface area contributed by atoms with E-state index in [1.165, 1.54) is 0 Å². The molecule has 0 spiro atoms. The summed E-state index contributed by atoms with van der Waals surface area (Å²) in [4.78, 5) is 14.3. The van der Waals surface area contributed by atoms with Crippen LogP contribution in [0.1, 0.15) is 42.1 Å². The third-order valence-corrected chi connectivity index (χ3v) is 6.82. The normalized spacial score (nSPS) is 20.6. The molecule has 0 aliphatic carbocycles. The number of carbonyl (C=O) groups excluding carboxylic acids is 1. The molecule has 1 aliphatic heterocycles. The van der Waals surface area contributed by atoms with Gasteiger partial charge in [0.15, 0.2) is 0 Å². The van der Waals surface area contributed by atoms with Crippen LogP contribution in [0.25, 0.3) is 0 Å². The van der Waals surface area contributed by atoms with Crippen LogP contribution >= 0.6 is 22.0 Å². The van der Waals surface area contributed by atoms with Crippen molar-refractivity contribution in [2.75, 3.05) is 6.54 Å². The zero-order valence-corrected chi connectivity index (χ0v) is 13.2. The molecule has 0 N–H and O–H groups in total. The predicted octanol–water partition coefficient (Wildman–Crippen LogP) is 3.00. The van der Waals surface area contributed by atoms with Gasteiger partial charge in [0.25, 0.3) is 15.0 Å². The number of amides is 1. The Balaban J connectivity index is 2.32. The van der Waals surface area contributed by atoms with Gasteiger partial charge >= 0.3 is 0 Å². The number of likely N-dealkylation sites (tertiary alicyclic amines) is 1. The van der Waals surface area contributed by atoms with Crippen LogP contribution in [-0.4, -0.2) is 31.8 Å². The molecule has 1 aromatic heterocycles. The van der Waals surface area contributed by atoms with Gasteiger partial charge in [0.1, 0.15) is 4.21 Å². The molecular formula is C12H16ClNO3S2. The Labute approximate surface area is 121 Å². The smallest absolute Gasteiger partial charge is 0.271 e. The Morgan fingerprint density at radius 1 is 1.47 bits per heavy atom. The maximum absolute atomic E-state index is 12.5. The molecule has 0 aromatic carbocycles. The van der Waals surface area contributed by atoms with E-state index in [0.29, 0.717) is 11.1 Å². The Hall–Kier alpha value is -0.590. The molecule has 1 amide bonds. The first-order valence-corrected chi connectivity index (χ1v) is 9.35. The van der Waals surface area contributed by atoms with Crippen LogP contribution in [0.2, 0.25) is 0 Å². The minimum absolute atomic E-state index is 0.0715. The average Bonchev–Trinajstić information content (AvgIpc) is 2.70. The van der Waals surface area contributed by atoms with Crippen LogP contribution in [0.15, 0.2) is 9.59 Å². The van der Waals surface area contributed by atoms with Gasteiger partial charge in [-0.1, -0.05) is 0 Å². The number of halogens is 1. The van der Waals surface area contributed by atoms with Crippen molar-refractivity contribution in [3.05, 3.63) is 16.5 Å². The molecule has 1 saturated heterocycles. The average molecular weight is 322 g/mol. The Morgan fingerprint density at radius 2 is 2.16 bits per heavy atom. The molecule has 2 heterocycles. The van der Waals surface area contributed by atoms with E-state index < -0.39 is 9.05 Å². The summed E-state index contributed by atoms with van der Waals surface area (Å²) in [6.45, 7) is 4.39. The summed E-state index contributed by atoms with van der Waals surface area (Å²) >= 11 is 1.01. The molecule has 1 aliphatic rings. The number of nitrogens with zero attached hydrogens (tertiary/aromatic N) is 1. The van der Waals surface area contributed by atoms with E-state index in [1.807, 2.05) is 11.8 Å². The van der Waals surface area contributed by atoms with Gasteiger partial charge in [-0.3, -0.25) is 4.79 Å². The van der Waals surface area contributed by atoms with Gasteiger partial charge < -0.3 is 4.90 Å². The van der Waals surface area contributed by atoms with E-state index in [1.54, 1.807) is 12.3 Å². The van der Waals surface area contributed by atoms with Crippen LogP contribution in [0, 0.1) is 6.92 Å². The molecule has 7 heteroatoms. The Bertz CT molecular complexity index is 594. The van der Waals surface area contributed by atoms with E-state index in [-0.39, 0.29) is 16.2 Å². The quantitative estimate of drug-likeness (QED) is 0.787. The lowest BCUT2D eigenvalue weighted by molar-refractivity contribution is 0.0635. The largest absolute Gasteiger partial charge is 0.336 e. The van der Waals surface area contributed by atoms with Crippen molar-refractivity contribution in [3.8, 4) is 0 Å². The van der Waals surface area contributed by atoms with Crippen LogP contribution in [0.3, 0.4) is 0 Å². The van der Waals surface area contributed by atoms with Crippen molar-refractivity contribution in [1.29, 1.82) is 0 Å². The summed E-state index contributed by atoms with van der Waals surface area (Å²) in [6.07, 6.45) is 3.13. The van der Waals surface area contributed by atoms with Crippen molar-refractivity contribution >= 4 is 37.0 Å². The van der Waals surface area contributed by atoms with Crippen molar-refractivity contribution < 1.29 is 13.2 Å². The third kappa shape index (κ3) is 2.95. The van der Waals surface area contributed by atoms with Crippen molar-refractivity contribution in [3.63, 3.8) is 0 Å². The summed E-state index contributed by atoms with van der Waals surface area (Å²) in [5.74, 6) is -0.0903. The lowest BCUT2D eigenvalue weighted by Gasteiger charge is -2.33. The first-order chi connectivity index (χ1) is 8.82. The highest BCUT2D eigenvalue weighted by atomic mass is 35.7. The molecule has 4 nitrogen and oxygen atoms in total. The summed E-state index contributed by atoms with van der Waals surface area (Å²) in [7, 11) is 1.58. The van der Waals surface area contributed by atoms with E-state index in [0.717, 1.165) is 37.1 Å². The van der Waals surface area contributed by atoms with Gasteiger partial charge in [-0.15, -0.1) is 11.3 Å². The molecule has 0 saturated carbocycles. The maximum atomic E-state index is 12.5. The summed E-state index contributed by atoms with van der Waals surface area (Å²) in [6, 6.07) is 0.205. The Kier molecular flexibility index (Phi) is 4.23. The molecule has 1 aromatic rings. The fourth-order valence-corrected chi connectivity index (χ4v) is 4.95. The van der Waals surface area contributed by atoms with Crippen LogP contribution in [-0.2, 0) is 9.05 Å². The van der Waals surface area contributed by atoms with E-state index >= 15 is 0 Å². The second-order valence-electron chi connectivity index (χ2n) is 4.84. The number of hydrogen-bond acceptors (Lipinski definition) is 4. The summed E-state index contributed by atoms with van der Waals surface area (Å²) < 4.78 is 22.8. The number of piperidine rings is 1. The molecule has 106 valence electrons. The number of thiophene rings is 1. The number of carbonyl (C=O) groups is 1. The van der Waals surface area contributed by atoms with E-state index in [4.69, 9.17) is 10.7 Å². The van der Waals surface area contributed by atoms with Crippen LogP contribution in [0.5, 0.6) is 0 Å². The summed E-state index contributed by atoms with van der Waals surface area (Å²) in [5, 5.41) is 1.59. The second kappa shape index (κ2) is 5.42.